The third-order valence-electron chi connectivity index (χ3n) is 9.92. The van der Waals surface area contributed by atoms with Crippen LogP contribution in [0.2, 0.25) is 0 Å². The van der Waals surface area contributed by atoms with Crippen LogP contribution in [-0.2, 0) is 35.3 Å². The molecule has 0 aliphatic carbocycles. The third-order valence-corrected chi connectivity index (χ3v) is 11.4. The van der Waals surface area contributed by atoms with Crippen molar-refractivity contribution in [3.63, 3.8) is 0 Å². The summed E-state index contributed by atoms with van der Waals surface area (Å²) >= 11 is 1.78. The number of ether oxygens (including phenoxy) is 2. The molecule has 0 aromatic heterocycles. The summed E-state index contributed by atoms with van der Waals surface area (Å²) in [7, 11) is 0. The van der Waals surface area contributed by atoms with Crippen LogP contribution in [0.1, 0.15) is 94.1 Å². The minimum absolute atomic E-state index is 0.0456. The smallest absolute Gasteiger partial charge is 0.352 e. The van der Waals surface area contributed by atoms with E-state index < -0.39 is 61.8 Å². The van der Waals surface area contributed by atoms with Gasteiger partial charge in [-0.2, -0.15) is 0 Å². The van der Waals surface area contributed by atoms with E-state index in [1.807, 2.05) is 71.9 Å². The monoisotopic (exact) mass is 770 g/mol. The lowest BCUT2D eigenvalue weighted by Crippen LogP contribution is -2.57. The first-order chi connectivity index (χ1) is 21.6. The van der Waals surface area contributed by atoms with Crippen molar-refractivity contribution in [1.29, 1.82) is 0 Å². The van der Waals surface area contributed by atoms with Gasteiger partial charge >= 0.3 is 5.97 Å². The molecule has 2 saturated heterocycles. The highest BCUT2D eigenvalue weighted by molar-refractivity contribution is 14.1. The molecule has 9 nitrogen and oxygen atoms in total. The van der Waals surface area contributed by atoms with Gasteiger partial charge in [-0.25, -0.2) is 14.2 Å². The lowest BCUT2D eigenvalue weighted by molar-refractivity contribution is -0.177. The number of alkyl halides is 2. The zero-order valence-corrected chi connectivity index (χ0v) is 31.6. The molecule has 3 rings (SSSR count). The van der Waals surface area contributed by atoms with Crippen LogP contribution in [-0.4, -0.2) is 61.8 Å². The Balaban J connectivity index is 2.31. The van der Waals surface area contributed by atoms with Crippen LogP contribution >= 0.6 is 22.6 Å². The number of aliphatic imine (C=N–C) groups is 1. The van der Waals surface area contributed by atoms with Gasteiger partial charge in [-0.05, 0) is 85.4 Å². The minimum atomic E-state index is -2.97. The highest BCUT2D eigenvalue weighted by Gasteiger charge is 2.56. The molecule has 2 fully saturated rings. The molecule has 2 aliphatic rings. The number of oxime groups is 1. The van der Waals surface area contributed by atoms with Gasteiger partial charge in [0.2, 0.25) is 5.91 Å². The molecule has 2 heterocycles. The van der Waals surface area contributed by atoms with Gasteiger partial charge in [-0.15, -0.1) is 0 Å². The van der Waals surface area contributed by atoms with Gasteiger partial charge < -0.3 is 19.4 Å². The average molecular weight is 771 g/mol. The Morgan fingerprint density at radius 2 is 1.72 bits per heavy atom. The predicted octanol–water partition coefficient (Wildman–Crippen LogP) is 7.06. The second-order valence-corrected chi connectivity index (χ2v) is 16.2. The van der Waals surface area contributed by atoms with Gasteiger partial charge in [0.15, 0.2) is 9.89 Å². The normalized spacial score (nSPS) is 38.2. The lowest BCUT2D eigenvalue weighted by Gasteiger charge is -2.49. The molecule has 2 aliphatic heterocycles. The average Bonchev–Trinajstić information content (AvgIpc) is 2.97. The van der Waals surface area contributed by atoms with E-state index in [0.29, 0.717) is 30.7 Å². The Morgan fingerprint density at radius 3 is 2.30 bits per heavy atom. The zero-order chi connectivity index (χ0) is 35.5. The molecular formula is C36H52FIN2O7. The van der Waals surface area contributed by atoms with Crippen molar-refractivity contribution >= 4 is 51.7 Å². The fraction of sp³-hybridized carbons (Fsp3) is 0.694. The van der Waals surface area contributed by atoms with Crippen LogP contribution < -0.4 is 0 Å². The molecular weight excluding hydrogens is 718 g/mol. The molecule has 1 N–H and O–H groups in total. The van der Waals surface area contributed by atoms with Crippen LogP contribution in [0.25, 0.3) is 0 Å². The van der Waals surface area contributed by atoms with Gasteiger partial charge in [-0.1, -0.05) is 77.0 Å². The number of cyclic esters (lactones) is 1. The largest absolute Gasteiger partial charge is 0.446 e. The quantitative estimate of drug-likeness (QED) is 0.115. The van der Waals surface area contributed by atoms with E-state index in [0.717, 1.165) is 12.5 Å². The zero-order valence-electron chi connectivity index (χ0n) is 29.4. The number of amides is 1. The third kappa shape index (κ3) is 9.06. The fourth-order valence-corrected chi connectivity index (χ4v) is 8.63. The first-order valence-corrected chi connectivity index (χ1v) is 17.6. The molecule has 9 atom stereocenters. The van der Waals surface area contributed by atoms with E-state index in [2.05, 4.69) is 10.1 Å². The molecule has 0 radical (unpaired) electrons. The van der Waals surface area contributed by atoms with Crippen molar-refractivity contribution in [2.45, 2.75) is 116 Å². The molecule has 0 saturated carbocycles. The number of hydrogen-bond acceptors (Lipinski definition) is 8. The number of nitrogens with zero attached hydrogens (tertiary/aromatic N) is 2. The van der Waals surface area contributed by atoms with Crippen molar-refractivity contribution in [2.75, 3.05) is 6.61 Å². The SMILES string of the molecule is CC(=O)N=C1[C@H](C)C[C@@]2(C)OC/C(=N/OCc3ccccc3)CC[C@H]([C@H]1C)[C@](C)(O)[C@@H](I)OC(=O)[C@@](C)(F)C(=O)[C@H](C)[C@H]2C(C)(C)C. The molecule has 262 valence electrons. The predicted molar refractivity (Wildman–Crippen MR) is 188 cm³/mol. The Labute approximate surface area is 292 Å². The number of ketones is 1. The van der Waals surface area contributed by atoms with Gasteiger partial charge in [0.05, 0.1) is 17.9 Å². The van der Waals surface area contributed by atoms with Crippen molar-refractivity contribution in [2.24, 2.45) is 45.2 Å². The maximum atomic E-state index is 16.4. The van der Waals surface area contributed by atoms with Crippen LogP contribution in [0.4, 0.5) is 4.39 Å². The minimum Gasteiger partial charge on any atom is -0.446 e. The van der Waals surface area contributed by atoms with Crippen LogP contribution in [0.5, 0.6) is 0 Å². The molecule has 1 amide bonds. The van der Waals surface area contributed by atoms with Gasteiger partial charge in [0.1, 0.15) is 12.2 Å². The van der Waals surface area contributed by atoms with Crippen LogP contribution in [0.15, 0.2) is 40.5 Å². The van der Waals surface area contributed by atoms with Gasteiger partial charge in [0, 0.05) is 30.4 Å². The Bertz CT molecular complexity index is 1360. The highest BCUT2D eigenvalue weighted by atomic mass is 127. The summed E-state index contributed by atoms with van der Waals surface area (Å²) in [6.07, 6.45) is 0.981. The number of carbonyl (C=O) groups is 3. The first kappa shape index (κ1) is 39.2. The standard InChI is InChI=1S/C36H52FIN2O7/c1-21-18-34(8)29(33(5,6)7)23(3)30(42)35(9,37)32(43)47-31(38)36(10,44)27(22(2)28(21)39-24(4)41)17-16-26(20-45-34)40-46-19-25-14-12-11-13-15-25/h11-15,21-23,27,29,31,44H,16-20H2,1-10H3/b39-28?,40-26+/t21-,22-,23-,27-,29+,31+,34-,35+,36+/m1/s1. The number of esters is 1. The van der Waals surface area contributed by atoms with Crippen LogP contribution in [0, 0.1) is 35.0 Å². The summed E-state index contributed by atoms with van der Waals surface area (Å²) in [6, 6.07) is 9.63. The van der Waals surface area contributed by atoms with Crippen molar-refractivity contribution in [1.82, 2.24) is 0 Å². The van der Waals surface area contributed by atoms with Crippen molar-refractivity contribution in [3.05, 3.63) is 35.9 Å². The molecule has 11 heteroatoms. The number of carbonyl (C=O) groups excluding carboxylic acids is 3. The summed E-state index contributed by atoms with van der Waals surface area (Å²) in [4.78, 5) is 50.2. The fourth-order valence-electron chi connectivity index (χ4n) is 7.94. The second kappa shape index (κ2) is 15.1. The molecule has 1 aromatic rings. The molecule has 47 heavy (non-hydrogen) atoms. The Hall–Kier alpha value is -2.25. The molecule has 1 aromatic carbocycles. The van der Waals surface area contributed by atoms with Crippen LogP contribution in [0.3, 0.4) is 0 Å². The maximum absolute atomic E-state index is 16.4. The number of hydrogen-bond donors (Lipinski definition) is 1. The van der Waals surface area contributed by atoms with Gasteiger partial charge in [-0.3, -0.25) is 9.59 Å². The van der Waals surface area contributed by atoms with E-state index >= 15 is 4.39 Å². The van der Waals surface area contributed by atoms with E-state index in [4.69, 9.17) is 14.3 Å². The number of aliphatic hydroxyl groups is 1. The number of fused-ring (bicyclic) bond motifs is 5. The highest BCUT2D eigenvalue weighted by Crippen LogP contribution is 2.48. The number of Topliss-reactive ketones (excluding diaryl/α,β-unsaturated/α-hetero) is 1. The van der Waals surface area contributed by atoms with E-state index in [1.54, 1.807) is 29.5 Å². The van der Waals surface area contributed by atoms with Crippen molar-refractivity contribution < 1.29 is 38.2 Å². The molecule has 0 spiro atoms. The first-order valence-electron chi connectivity index (χ1n) is 16.4. The number of halogens is 2. The summed E-state index contributed by atoms with van der Waals surface area (Å²) in [5.41, 5.74) is -4.31. The molecule has 2 bridgehead atoms. The summed E-state index contributed by atoms with van der Waals surface area (Å²) < 4.78 is 27.5. The topological polar surface area (TPSA) is 124 Å². The Morgan fingerprint density at radius 1 is 1.11 bits per heavy atom. The van der Waals surface area contributed by atoms with Crippen molar-refractivity contribution in [3.8, 4) is 0 Å². The lowest BCUT2D eigenvalue weighted by atomic mass is 9.60. The summed E-state index contributed by atoms with van der Waals surface area (Å²) in [5, 5.41) is 16.6. The number of rotatable bonds is 3. The molecule has 0 unspecified atom stereocenters. The maximum Gasteiger partial charge on any atom is 0.352 e. The van der Waals surface area contributed by atoms with E-state index in [-0.39, 0.29) is 25.0 Å². The van der Waals surface area contributed by atoms with Gasteiger partial charge in [0.25, 0.3) is 5.67 Å². The van der Waals surface area contributed by atoms with E-state index in [9.17, 15) is 19.5 Å². The summed E-state index contributed by atoms with van der Waals surface area (Å²) in [6.45, 7) is 17.4. The summed E-state index contributed by atoms with van der Waals surface area (Å²) in [5.74, 6) is -5.71. The second-order valence-electron chi connectivity index (χ2n) is 15.1. The Kier molecular flexibility index (Phi) is 12.6. The van der Waals surface area contributed by atoms with E-state index in [1.165, 1.54) is 13.8 Å². The number of benzene rings is 1.